The monoisotopic (exact) mass is 491 g/mol. The van der Waals surface area contributed by atoms with Crippen LogP contribution in [0.3, 0.4) is 0 Å². The number of anilines is 1. The molecule has 36 heavy (non-hydrogen) atoms. The van der Waals surface area contributed by atoms with Crippen LogP contribution in [0.15, 0.2) is 54.6 Å². The number of carbonyl (C=O) groups excluding carboxylic acids is 2. The highest BCUT2D eigenvalue weighted by Crippen LogP contribution is 2.29. The summed E-state index contributed by atoms with van der Waals surface area (Å²) in [6.07, 6.45) is 1.06. The fourth-order valence-corrected chi connectivity index (χ4v) is 4.12. The van der Waals surface area contributed by atoms with E-state index in [1.54, 1.807) is 23.1 Å². The Kier molecular flexibility index (Phi) is 7.57. The van der Waals surface area contributed by atoms with E-state index in [0.717, 1.165) is 5.56 Å². The number of nitrogens with one attached hydrogen (secondary N) is 1. The van der Waals surface area contributed by atoms with Crippen molar-refractivity contribution in [1.29, 1.82) is 0 Å². The summed E-state index contributed by atoms with van der Waals surface area (Å²) >= 11 is 0. The zero-order valence-corrected chi connectivity index (χ0v) is 21.2. The highest BCUT2D eigenvalue weighted by atomic mass is 16.6. The van der Waals surface area contributed by atoms with E-state index >= 15 is 0 Å². The van der Waals surface area contributed by atoms with E-state index in [1.165, 1.54) is 11.8 Å². The Hall–Kier alpha value is -3.88. The lowest BCUT2D eigenvalue weighted by Crippen LogP contribution is -2.41. The van der Waals surface area contributed by atoms with Crippen molar-refractivity contribution in [3.8, 4) is 5.75 Å². The molecule has 190 valence electrons. The maximum atomic E-state index is 13.5. The molecule has 1 aliphatic heterocycles. The van der Waals surface area contributed by atoms with Crippen molar-refractivity contribution in [3.05, 3.63) is 71.5 Å². The Morgan fingerprint density at radius 1 is 1.03 bits per heavy atom. The van der Waals surface area contributed by atoms with E-state index in [4.69, 9.17) is 14.5 Å². The highest BCUT2D eigenvalue weighted by molar-refractivity contribution is 5.99. The molecule has 2 heterocycles. The number of amides is 1. The van der Waals surface area contributed by atoms with Gasteiger partial charge in [0.25, 0.3) is 5.91 Å². The van der Waals surface area contributed by atoms with Crippen molar-refractivity contribution in [2.24, 2.45) is 0 Å². The normalized spacial score (nSPS) is 14.4. The standard InChI is InChI=1S/C27H33N5O4/c1-27(2,3)36-26(34)31-16-14-20(15-17-31)23-29-25(28-18-19-10-6-5-7-11-19)32(30-23)24(33)21-12-8-9-13-22(21)35-4/h5-13,20H,14-18H2,1-4H3,(H,28,29,30). The molecule has 3 aromatic rings. The predicted molar refractivity (Wildman–Crippen MR) is 136 cm³/mol. The lowest BCUT2D eigenvalue weighted by molar-refractivity contribution is 0.0203. The molecule has 1 aromatic heterocycles. The Morgan fingerprint density at radius 2 is 1.69 bits per heavy atom. The van der Waals surface area contributed by atoms with Crippen LogP contribution in [0.2, 0.25) is 0 Å². The molecule has 2 aromatic carbocycles. The quantitative estimate of drug-likeness (QED) is 0.534. The molecule has 1 N–H and O–H groups in total. The van der Waals surface area contributed by atoms with Gasteiger partial charge in [0, 0.05) is 25.6 Å². The molecule has 0 bridgehead atoms. The highest BCUT2D eigenvalue weighted by Gasteiger charge is 2.31. The number of para-hydroxylation sites is 1. The first-order valence-corrected chi connectivity index (χ1v) is 12.2. The third-order valence-electron chi connectivity index (χ3n) is 5.96. The van der Waals surface area contributed by atoms with E-state index in [-0.39, 0.29) is 17.9 Å². The van der Waals surface area contributed by atoms with Crippen LogP contribution in [0.5, 0.6) is 5.75 Å². The molecule has 1 amide bonds. The first-order chi connectivity index (χ1) is 17.2. The topological polar surface area (TPSA) is 98.6 Å². The molecule has 1 aliphatic rings. The molecular weight excluding hydrogens is 458 g/mol. The second-order valence-corrected chi connectivity index (χ2v) is 9.79. The number of ether oxygens (including phenoxy) is 2. The lowest BCUT2D eigenvalue weighted by Gasteiger charge is -2.32. The molecule has 0 unspecified atom stereocenters. The summed E-state index contributed by atoms with van der Waals surface area (Å²) in [6, 6.07) is 17.0. The molecule has 0 saturated carbocycles. The third kappa shape index (κ3) is 6.02. The molecule has 9 nitrogen and oxygen atoms in total. The largest absolute Gasteiger partial charge is 0.496 e. The Bertz CT molecular complexity index is 1190. The number of methoxy groups -OCH3 is 1. The van der Waals surface area contributed by atoms with E-state index < -0.39 is 5.60 Å². The van der Waals surface area contributed by atoms with Gasteiger partial charge in [0.05, 0.1) is 12.7 Å². The van der Waals surface area contributed by atoms with Crippen LogP contribution < -0.4 is 10.1 Å². The van der Waals surface area contributed by atoms with Crippen LogP contribution in [0.25, 0.3) is 0 Å². The summed E-state index contributed by atoms with van der Waals surface area (Å²) in [4.78, 5) is 32.4. The van der Waals surface area contributed by atoms with Gasteiger partial charge in [-0.15, -0.1) is 5.10 Å². The molecule has 1 fully saturated rings. The molecular formula is C27H33N5O4. The predicted octanol–water partition coefficient (Wildman–Crippen LogP) is 4.70. The first kappa shape index (κ1) is 25.2. The van der Waals surface area contributed by atoms with Crippen LogP contribution >= 0.6 is 0 Å². The minimum atomic E-state index is -0.535. The third-order valence-corrected chi connectivity index (χ3v) is 5.96. The number of likely N-dealkylation sites (tertiary alicyclic amines) is 1. The summed E-state index contributed by atoms with van der Waals surface area (Å²) in [5.41, 5.74) is 0.926. The molecule has 1 saturated heterocycles. The fraction of sp³-hybridized carbons (Fsp3) is 0.407. The van der Waals surface area contributed by atoms with Crippen molar-refractivity contribution in [1.82, 2.24) is 19.7 Å². The Balaban J connectivity index is 1.55. The average Bonchev–Trinajstić information content (AvgIpc) is 3.31. The van der Waals surface area contributed by atoms with Crippen LogP contribution in [0.4, 0.5) is 10.7 Å². The number of piperidine rings is 1. The number of benzene rings is 2. The second kappa shape index (κ2) is 10.8. The van der Waals surface area contributed by atoms with Gasteiger partial charge in [-0.1, -0.05) is 42.5 Å². The van der Waals surface area contributed by atoms with Crippen molar-refractivity contribution in [2.75, 3.05) is 25.5 Å². The van der Waals surface area contributed by atoms with Crippen LogP contribution in [0.1, 0.15) is 61.3 Å². The van der Waals surface area contributed by atoms with Gasteiger partial charge in [0.15, 0.2) is 5.82 Å². The van der Waals surface area contributed by atoms with Gasteiger partial charge < -0.3 is 19.7 Å². The summed E-state index contributed by atoms with van der Waals surface area (Å²) < 4.78 is 12.2. The number of rotatable bonds is 6. The minimum Gasteiger partial charge on any atom is -0.496 e. The number of aromatic nitrogens is 3. The van der Waals surface area contributed by atoms with Crippen molar-refractivity contribution < 1.29 is 19.1 Å². The van der Waals surface area contributed by atoms with Gasteiger partial charge in [0.1, 0.15) is 11.4 Å². The molecule has 0 radical (unpaired) electrons. The van der Waals surface area contributed by atoms with Gasteiger partial charge in [-0.2, -0.15) is 9.67 Å². The van der Waals surface area contributed by atoms with E-state index in [2.05, 4.69) is 10.4 Å². The summed E-state index contributed by atoms with van der Waals surface area (Å²) in [7, 11) is 1.53. The van der Waals surface area contributed by atoms with E-state index in [1.807, 2.05) is 57.2 Å². The second-order valence-electron chi connectivity index (χ2n) is 9.79. The van der Waals surface area contributed by atoms with E-state index in [9.17, 15) is 9.59 Å². The number of hydrogen-bond donors (Lipinski definition) is 1. The van der Waals surface area contributed by atoms with Crippen molar-refractivity contribution in [2.45, 2.75) is 51.7 Å². The molecule has 9 heteroatoms. The van der Waals surface area contributed by atoms with Crippen LogP contribution in [-0.4, -0.2) is 57.5 Å². The van der Waals surface area contributed by atoms with Gasteiger partial charge >= 0.3 is 6.09 Å². The smallest absolute Gasteiger partial charge is 0.410 e. The van der Waals surface area contributed by atoms with Crippen molar-refractivity contribution in [3.63, 3.8) is 0 Å². The number of carbonyl (C=O) groups is 2. The zero-order valence-electron chi connectivity index (χ0n) is 21.2. The van der Waals surface area contributed by atoms with Gasteiger partial charge in [-0.25, -0.2) is 4.79 Å². The van der Waals surface area contributed by atoms with Gasteiger partial charge in [-0.3, -0.25) is 4.79 Å². The van der Waals surface area contributed by atoms with Crippen LogP contribution in [0, 0.1) is 0 Å². The van der Waals surface area contributed by atoms with E-state index in [0.29, 0.717) is 55.6 Å². The average molecular weight is 492 g/mol. The summed E-state index contributed by atoms with van der Waals surface area (Å²) in [5.74, 6) is 1.12. The van der Waals surface area contributed by atoms with Gasteiger partial charge in [0.2, 0.25) is 5.95 Å². The zero-order chi connectivity index (χ0) is 25.7. The Morgan fingerprint density at radius 3 is 2.36 bits per heavy atom. The molecule has 0 atom stereocenters. The number of nitrogens with zero attached hydrogens (tertiary/aromatic N) is 4. The Labute approximate surface area is 211 Å². The van der Waals surface area contributed by atoms with Crippen LogP contribution in [-0.2, 0) is 11.3 Å². The SMILES string of the molecule is COc1ccccc1C(=O)n1nc(C2CCN(C(=O)OC(C)(C)C)CC2)nc1NCc1ccccc1. The molecule has 0 aliphatic carbocycles. The minimum absolute atomic E-state index is 0.0210. The molecule has 4 rings (SSSR count). The number of hydrogen-bond acceptors (Lipinski definition) is 7. The van der Waals surface area contributed by atoms with Crippen molar-refractivity contribution >= 4 is 17.9 Å². The summed E-state index contributed by atoms with van der Waals surface area (Å²) in [6.45, 7) is 7.16. The fourth-order valence-electron chi connectivity index (χ4n) is 4.12. The maximum absolute atomic E-state index is 13.5. The maximum Gasteiger partial charge on any atom is 0.410 e. The van der Waals surface area contributed by atoms with Gasteiger partial charge in [-0.05, 0) is 51.3 Å². The lowest BCUT2D eigenvalue weighted by atomic mass is 9.96. The first-order valence-electron chi connectivity index (χ1n) is 12.2. The summed E-state index contributed by atoms with van der Waals surface area (Å²) in [5, 5.41) is 7.90. The molecule has 0 spiro atoms.